The van der Waals surface area contributed by atoms with Crippen molar-refractivity contribution in [2.75, 3.05) is 26.3 Å². The van der Waals surface area contributed by atoms with E-state index in [9.17, 15) is 0 Å². The van der Waals surface area contributed by atoms with Crippen LogP contribution < -0.4 is 10.6 Å². The molecule has 1 heterocycles. The zero-order chi connectivity index (χ0) is 15.6. The second kappa shape index (κ2) is 12.1. The van der Waals surface area contributed by atoms with Gasteiger partial charge in [-0.25, -0.2) is 0 Å². The number of halogens is 1. The number of rotatable bonds is 6. The molecule has 1 aliphatic carbocycles. The molecule has 2 aliphatic rings. The summed E-state index contributed by atoms with van der Waals surface area (Å²) in [5.41, 5.74) is 1.49. The van der Waals surface area contributed by atoms with Crippen molar-refractivity contribution in [1.29, 1.82) is 0 Å². The van der Waals surface area contributed by atoms with E-state index in [0.717, 1.165) is 51.0 Å². The average molecular weight is 435 g/mol. The van der Waals surface area contributed by atoms with Crippen LogP contribution in [0.3, 0.4) is 0 Å². The summed E-state index contributed by atoms with van der Waals surface area (Å²) >= 11 is 0. The van der Waals surface area contributed by atoms with E-state index in [0.29, 0.717) is 6.04 Å². The highest BCUT2D eigenvalue weighted by Gasteiger charge is 2.20. The fourth-order valence-electron chi connectivity index (χ4n) is 3.33. The highest BCUT2D eigenvalue weighted by atomic mass is 127. The quantitative estimate of drug-likeness (QED) is 0.288. The van der Waals surface area contributed by atoms with Gasteiger partial charge in [0, 0.05) is 19.1 Å². The Bertz CT molecular complexity index is 376. The Kier molecular flexibility index (Phi) is 10.9. The third-order valence-electron chi connectivity index (χ3n) is 4.87. The maximum absolute atomic E-state index is 5.35. The van der Waals surface area contributed by atoms with Crippen LogP contribution in [0, 0.1) is 5.92 Å². The summed E-state index contributed by atoms with van der Waals surface area (Å²) in [4.78, 5) is 4.75. The Labute approximate surface area is 158 Å². The Morgan fingerprint density at radius 2 is 2.04 bits per heavy atom. The summed E-state index contributed by atoms with van der Waals surface area (Å²) in [6.45, 7) is 7.88. The summed E-state index contributed by atoms with van der Waals surface area (Å²) in [6.07, 6.45) is 11.0. The molecule has 0 bridgehead atoms. The van der Waals surface area contributed by atoms with Crippen LogP contribution >= 0.6 is 24.0 Å². The Balaban J connectivity index is 0.00000264. The molecule has 0 amide bonds. The average Bonchev–Trinajstić information content (AvgIpc) is 2.57. The Morgan fingerprint density at radius 3 is 2.65 bits per heavy atom. The molecule has 2 N–H and O–H groups in total. The molecule has 0 spiro atoms. The predicted octanol–water partition coefficient (Wildman–Crippen LogP) is 3.87. The first-order valence-corrected chi connectivity index (χ1v) is 9.12. The van der Waals surface area contributed by atoms with E-state index in [-0.39, 0.29) is 24.0 Å². The van der Waals surface area contributed by atoms with Crippen molar-refractivity contribution in [2.24, 2.45) is 10.9 Å². The lowest BCUT2D eigenvalue weighted by atomic mass is 9.84. The Hall–Kier alpha value is -0.300. The molecule has 1 saturated carbocycles. The van der Waals surface area contributed by atoms with Gasteiger partial charge in [0.05, 0.1) is 13.2 Å². The van der Waals surface area contributed by atoms with Crippen molar-refractivity contribution < 1.29 is 4.74 Å². The molecular weight excluding hydrogens is 401 g/mol. The minimum Gasteiger partial charge on any atom is -0.377 e. The molecule has 0 atom stereocenters. The van der Waals surface area contributed by atoms with Gasteiger partial charge >= 0.3 is 0 Å². The van der Waals surface area contributed by atoms with Crippen LogP contribution in [0.4, 0.5) is 0 Å². The van der Waals surface area contributed by atoms with E-state index >= 15 is 0 Å². The molecule has 0 aromatic heterocycles. The summed E-state index contributed by atoms with van der Waals surface area (Å²) in [5.74, 6) is 1.94. The number of nitrogens with zero attached hydrogens (tertiary/aromatic N) is 1. The lowest BCUT2D eigenvalue weighted by Crippen LogP contribution is -2.44. The summed E-state index contributed by atoms with van der Waals surface area (Å²) in [7, 11) is 0. The molecule has 0 radical (unpaired) electrons. The van der Waals surface area contributed by atoms with Crippen molar-refractivity contribution in [1.82, 2.24) is 10.6 Å². The van der Waals surface area contributed by atoms with Crippen LogP contribution in [-0.2, 0) is 4.74 Å². The standard InChI is InChI=1S/C18H33N3O.HI/c1-3-15-5-7-17(8-6-15)21-18(19-4-2)20-12-9-16-10-13-22-14-11-16;/h10,15,17H,3-9,11-14H2,1-2H3,(H2,19,20,21);1H. The lowest BCUT2D eigenvalue weighted by Gasteiger charge is -2.29. The molecular formula is C18H34IN3O. The number of aliphatic imine (C=N–C) groups is 1. The van der Waals surface area contributed by atoms with Gasteiger partial charge in [-0.2, -0.15) is 0 Å². The first-order valence-electron chi connectivity index (χ1n) is 9.12. The van der Waals surface area contributed by atoms with Gasteiger partial charge in [0.25, 0.3) is 0 Å². The number of ether oxygens (including phenoxy) is 1. The SMILES string of the molecule is CCNC(=NCCC1=CCOCC1)NC1CCC(CC)CC1.I. The molecule has 4 nitrogen and oxygen atoms in total. The number of hydrogen-bond donors (Lipinski definition) is 2. The van der Waals surface area contributed by atoms with Gasteiger partial charge in [0.1, 0.15) is 0 Å². The van der Waals surface area contributed by atoms with Gasteiger partial charge < -0.3 is 15.4 Å². The minimum absolute atomic E-state index is 0. The fraction of sp³-hybridized carbons (Fsp3) is 0.833. The molecule has 0 aromatic carbocycles. The molecule has 134 valence electrons. The molecule has 0 saturated heterocycles. The van der Waals surface area contributed by atoms with Crippen molar-refractivity contribution in [2.45, 2.75) is 64.8 Å². The van der Waals surface area contributed by atoms with Gasteiger partial charge in [0.15, 0.2) is 5.96 Å². The number of hydrogen-bond acceptors (Lipinski definition) is 2. The fourth-order valence-corrected chi connectivity index (χ4v) is 3.33. The third-order valence-corrected chi connectivity index (χ3v) is 4.87. The van der Waals surface area contributed by atoms with Crippen LogP contribution in [0.2, 0.25) is 0 Å². The van der Waals surface area contributed by atoms with E-state index in [1.807, 2.05) is 0 Å². The monoisotopic (exact) mass is 435 g/mol. The topological polar surface area (TPSA) is 45.7 Å². The van der Waals surface area contributed by atoms with Crippen LogP contribution in [0.5, 0.6) is 0 Å². The van der Waals surface area contributed by atoms with Gasteiger partial charge in [-0.15, -0.1) is 24.0 Å². The van der Waals surface area contributed by atoms with Crippen LogP contribution in [0.15, 0.2) is 16.6 Å². The van der Waals surface area contributed by atoms with Crippen molar-refractivity contribution in [3.05, 3.63) is 11.6 Å². The Morgan fingerprint density at radius 1 is 1.26 bits per heavy atom. The van der Waals surface area contributed by atoms with Gasteiger partial charge in [-0.3, -0.25) is 4.99 Å². The van der Waals surface area contributed by atoms with E-state index in [1.165, 1.54) is 37.7 Å². The summed E-state index contributed by atoms with van der Waals surface area (Å²) in [5, 5.41) is 7.02. The van der Waals surface area contributed by atoms with Crippen molar-refractivity contribution >= 4 is 29.9 Å². The third kappa shape index (κ3) is 7.88. The minimum atomic E-state index is 0. The molecule has 1 fully saturated rings. The van der Waals surface area contributed by atoms with Crippen LogP contribution in [0.1, 0.15) is 58.8 Å². The largest absolute Gasteiger partial charge is 0.377 e. The van der Waals surface area contributed by atoms with E-state index < -0.39 is 0 Å². The first kappa shape index (κ1) is 20.7. The molecule has 2 rings (SSSR count). The maximum Gasteiger partial charge on any atom is 0.191 e. The van der Waals surface area contributed by atoms with E-state index in [2.05, 4.69) is 30.6 Å². The van der Waals surface area contributed by atoms with Crippen molar-refractivity contribution in [3.8, 4) is 0 Å². The van der Waals surface area contributed by atoms with E-state index in [1.54, 1.807) is 0 Å². The molecule has 5 heteroatoms. The number of nitrogens with one attached hydrogen (secondary N) is 2. The first-order chi connectivity index (χ1) is 10.8. The molecule has 23 heavy (non-hydrogen) atoms. The predicted molar refractivity (Wildman–Crippen MR) is 109 cm³/mol. The molecule has 1 aliphatic heterocycles. The summed E-state index contributed by atoms with van der Waals surface area (Å²) < 4.78 is 5.35. The smallest absolute Gasteiger partial charge is 0.191 e. The molecule has 0 aromatic rings. The van der Waals surface area contributed by atoms with E-state index in [4.69, 9.17) is 9.73 Å². The van der Waals surface area contributed by atoms with Gasteiger partial charge in [-0.05, 0) is 51.4 Å². The zero-order valence-electron chi connectivity index (χ0n) is 14.8. The zero-order valence-corrected chi connectivity index (χ0v) is 17.1. The lowest BCUT2D eigenvalue weighted by molar-refractivity contribution is 0.153. The molecule has 0 unspecified atom stereocenters. The van der Waals surface area contributed by atoms with Crippen LogP contribution in [0.25, 0.3) is 0 Å². The highest BCUT2D eigenvalue weighted by Crippen LogP contribution is 2.26. The maximum atomic E-state index is 5.35. The second-order valence-corrected chi connectivity index (χ2v) is 6.47. The van der Waals surface area contributed by atoms with Gasteiger partial charge in [-0.1, -0.05) is 25.0 Å². The highest BCUT2D eigenvalue weighted by molar-refractivity contribution is 14.0. The summed E-state index contributed by atoms with van der Waals surface area (Å²) in [6, 6.07) is 0.600. The normalized spacial score (nSPS) is 25.3. The van der Waals surface area contributed by atoms with Crippen molar-refractivity contribution in [3.63, 3.8) is 0 Å². The van der Waals surface area contributed by atoms with Crippen LogP contribution in [-0.4, -0.2) is 38.3 Å². The van der Waals surface area contributed by atoms with Gasteiger partial charge in [0.2, 0.25) is 0 Å². The second-order valence-electron chi connectivity index (χ2n) is 6.47. The number of guanidine groups is 1.